The van der Waals surface area contributed by atoms with Gasteiger partial charge in [-0.1, -0.05) is 164 Å². The Bertz CT molecular complexity index is 2960. The molecule has 9 aromatic rings. The normalized spacial score (nSPS) is 12.9. The van der Waals surface area contributed by atoms with Gasteiger partial charge in [0.15, 0.2) is 0 Å². The first-order valence-corrected chi connectivity index (χ1v) is 17.1. The fourth-order valence-corrected chi connectivity index (χ4v) is 8.06. The van der Waals surface area contributed by atoms with Crippen LogP contribution in [0.4, 0.5) is 0 Å². The van der Waals surface area contributed by atoms with Crippen molar-refractivity contribution >= 4 is 71.6 Å². The summed E-state index contributed by atoms with van der Waals surface area (Å²) in [5, 5.41) is 15.3. The molecule has 49 heavy (non-hydrogen) atoms. The van der Waals surface area contributed by atoms with Crippen molar-refractivity contribution in [1.29, 1.82) is 0 Å². The van der Waals surface area contributed by atoms with Gasteiger partial charge in [0.1, 0.15) is 0 Å². The maximum absolute atomic E-state index is 2.46. The van der Waals surface area contributed by atoms with Crippen LogP contribution in [0.3, 0.4) is 0 Å². The van der Waals surface area contributed by atoms with Crippen LogP contribution in [0.2, 0.25) is 0 Å². The van der Waals surface area contributed by atoms with Crippen molar-refractivity contribution in [3.8, 4) is 22.3 Å². The van der Waals surface area contributed by atoms with Crippen LogP contribution >= 0.6 is 0 Å². The molecule has 0 atom stereocenters. The van der Waals surface area contributed by atoms with E-state index in [4.69, 9.17) is 0 Å². The predicted octanol–water partition coefficient (Wildman–Crippen LogP) is 11.8. The second-order valence-electron chi connectivity index (χ2n) is 13.2. The minimum Gasteiger partial charge on any atom is -0.0716 e. The topological polar surface area (TPSA) is 0 Å². The van der Waals surface area contributed by atoms with Crippen LogP contribution in [0.1, 0.15) is 12.0 Å². The Morgan fingerprint density at radius 2 is 0.837 bits per heavy atom. The number of hydrogen-bond acceptors (Lipinski definition) is 0. The molecule has 0 aromatic heterocycles. The number of fused-ring (bicyclic) bond motifs is 7. The second kappa shape index (κ2) is 11.2. The molecule has 0 heterocycles. The summed E-state index contributed by atoms with van der Waals surface area (Å²) in [6, 6.07) is 60.6. The van der Waals surface area contributed by atoms with E-state index in [-0.39, 0.29) is 0 Å². The Hall–Kier alpha value is -6.24. The Morgan fingerprint density at radius 3 is 1.51 bits per heavy atom. The molecule has 0 nitrogen and oxygen atoms in total. The maximum atomic E-state index is 2.46. The molecule has 0 amide bonds. The Labute approximate surface area is 285 Å². The summed E-state index contributed by atoms with van der Waals surface area (Å²) in [4.78, 5) is 0. The zero-order valence-corrected chi connectivity index (χ0v) is 27.0. The summed E-state index contributed by atoms with van der Waals surface area (Å²) in [5.74, 6) is 0. The molecule has 10 rings (SSSR count). The van der Waals surface area contributed by atoms with Gasteiger partial charge in [0.05, 0.1) is 0 Å². The highest BCUT2D eigenvalue weighted by molar-refractivity contribution is 6.22. The molecule has 0 spiro atoms. The summed E-state index contributed by atoms with van der Waals surface area (Å²) in [6.07, 6.45) is 7.93. The third-order valence-electron chi connectivity index (χ3n) is 10.5. The van der Waals surface area contributed by atoms with Crippen molar-refractivity contribution in [3.05, 3.63) is 186 Å². The van der Waals surface area contributed by atoms with Crippen LogP contribution in [-0.4, -0.2) is 0 Å². The van der Waals surface area contributed by atoms with Gasteiger partial charge >= 0.3 is 0 Å². The van der Waals surface area contributed by atoms with E-state index in [1.54, 1.807) is 0 Å². The average molecular weight is 621 g/mol. The number of rotatable bonds is 3. The van der Waals surface area contributed by atoms with Crippen LogP contribution in [-0.2, 0) is 0 Å². The molecule has 0 unspecified atom stereocenters. The molecule has 0 radical (unpaired) electrons. The molecule has 0 aliphatic heterocycles. The summed E-state index contributed by atoms with van der Waals surface area (Å²) in [5.41, 5.74) is 7.66. The molecule has 1 aliphatic carbocycles. The van der Waals surface area contributed by atoms with E-state index in [1.807, 2.05) is 0 Å². The molecule has 1 aliphatic rings. The molecular formula is C49H32. The zero-order chi connectivity index (χ0) is 32.3. The van der Waals surface area contributed by atoms with Gasteiger partial charge in [-0.25, -0.2) is 0 Å². The van der Waals surface area contributed by atoms with Crippen LogP contribution in [0.5, 0.6) is 0 Å². The lowest BCUT2D eigenvalue weighted by atomic mass is 9.84. The van der Waals surface area contributed by atoms with Crippen LogP contribution in [0.25, 0.3) is 93.8 Å². The molecule has 0 saturated heterocycles. The van der Waals surface area contributed by atoms with E-state index in [1.165, 1.54) is 97.7 Å². The lowest BCUT2D eigenvalue weighted by Gasteiger charge is -2.19. The van der Waals surface area contributed by atoms with Crippen molar-refractivity contribution in [1.82, 2.24) is 0 Å². The van der Waals surface area contributed by atoms with E-state index in [2.05, 4.69) is 182 Å². The molecule has 228 valence electrons. The van der Waals surface area contributed by atoms with E-state index < -0.39 is 0 Å². The first-order valence-electron chi connectivity index (χ1n) is 17.1. The predicted molar refractivity (Wildman–Crippen MR) is 212 cm³/mol. The zero-order valence-electron chi connectivity index (χ0n) is 27.0. The van der Waals surface area contributed by atoms with Gasteiger partial charge in [-0.15, -0.1) is 0 Å². The maximum Gasteiger partial charge on any atom is -0.00259 e. The van der Waals surface area contributed by atoms with E-state index >= 15 is 0 Å². The first kappa shape index (κ1) is 27.8. The molecule has 0 fully saturated rings. The van der Waals surface area contributed by atoms with Crippen LogP contribution in [0.15, 0.2) is 170 Å². The lowest BCUT2D eigenvalue weighted by Crippen LogP contribution is -2.24. The SMILES string of the molecule is C1=C(c2ccc3c(-c4ccc5ccccc5c4)c4ccccc4c(-c4ccc5ccccc5c4)c3c2)CC=c2c(ccc3ccccc23)=C1. The quantitative estimate of drug-likeness (QED) is 0.172. The summed E-state index contributed by atoms with van der Waals surface area (Å²) >= 11 is 0. The highest BCUT2D eigenvalue weighted by Crippen LogP contribution is 2.45. The summed E-state index contributed by atoms with van der Waals surface area (Å²) in [6.45, 7) is 0. The van der Waals surface area contributed by atoms with Gasteiger partial charge < -0.3 is 0 Å². The van der Waals surface area contributed by atoms with Crippen molar-refractivity contribution in [3.63, 3.8) is 0 Å². The Kier molecular flexibility index (Phi) is 6.35. The van der Waals surface area contributed by atoms with E-state index in [0.717, 1.165) is 6.42 Å². The minimum absolute atomic E-state index is 0.874. The van der Waals surface area contributed by atoms with Crippen molar-refractivity contribution < 1.29 is 0 Å². The largest absolute Gasteiger partial charge is 0.0716 e. The molecule has 0 bridgehead atoms. The number of allylic oxidation sites excluding steroid dienone is 2. The lowest BCUT2D eigenvalue weighted by molar-refractivity contribution is 1.46. The molecule has 0 saturated carbocycles. The van der Waals surface area contributed by atoms with Crippen molar-refractivity contribution in [2.75, 3.05) is 0 Å². The third kappa shape index (κ3) is 4.60. The van der Waals surface area contributed by atoms with E-state index in [0.29, 0.717) is 0 Å². The number of benzene rings is 9. The van der Waals surface area contributed by atoms with Gasteiger partial charge in [-0.05, 0) is 122 Å². The fourth-order valence-electron chi connectivity index (χ4n) is 8.06. The minimum atomic E-state index is 0.874. The smallest absolute Gasteiger partial charge is 0.00259 e. The standard InChI is InChI=1S/C49H32/c1-3-12-37-29-40(23-18-32(37)9-1)48-44-15-7-8-16-45(44)49(41-24-19-33-10-2-4-13-38(33)30-41)47-31-39(26-28-46(47)48)34-17-20-36-22-21-35-11-5-6-14-42(35)43(36)27-25-34/h1-24,26-31H,25H2. The van der Waals surface area contributed by atoms with Crippen molar-refractivity contribution in [2.45, 2.75) is 6.42 Å². The van der Waals surface area contributed by atoms with Gasteiger partial charge in [-0.3, -0.25) is 0 Å². The van der Waals surface area contributed by atoms with E-state index in [9.17, 15) is 0 Å². The fraction of sp³-hybridized carbons (Fsp3) is 0.0204. The van der Waals surface area contributed by atoms with Gasteiger partial charge in [-0.2, -0.15) is 0 Å². The van der Waals surface area contributed by atoms with Crippen molar-refractivity contribution in [2.24, 2.45) is 0 Å². The second-order valence-corrected chi connectivity index (χ2v) is 13.2. The Balaban J connectivity index is 1.25. The van der Waals surface area contributed by atoms with Gasteiger partial charge in [0.2, 0.25) is 0 Å². The molecule has 0 heteroatoms. The Morgan fingerprint density at radius 1 is 0.327 bits per heavy atom. The molecular weight excluding hydrogens is 589 g/mol. The van der Waals surface area contributed by atoms with Crippen LogP contribution < -0.4 is 10.4 Å². The molecule has 0 N–H and O–H groups in total. The highest BCUT2D eigenvalue weighted by Gasteiger charge is 2.18. The third-order valence-corrected chi connectivity index (χ3v) is 10.5. The first-order chi connectivity index (χ1) is 24.3. The highest BCUT2D eigenvalue weighted by atomic mass is 14.2. The summed E-state index contributed by atoms with van der Waals surface area (Å²) in [7, 11) is 0. The number of hydrogen-bond donors (Lipinski definition) is 0. The summed E-state index contributed by atoms with van der Waals surface area (Å²) < 4.78 is 0. The van der Waals surface area contributed by atoms with Gasteiger partial charge in [0.25, 0.3) is 0 Å². The van der Waals surface area contributed by atoms with Gasteiger partial charge in [0, 0.05) is 0 Å². The monoisotopic (exact) mass is 620 g/mol. The average Bonchev–Trinajstić information content (AvgIpc) is 3.39. The van der Waals surface area contributed by atoms with Crippen LogP contribution in [0, 0.1) is 0 Å². The molecule has 9 aromatic carbocycles.